The molecule has 1 aromatic carbocycles. The number of hydrogen-bond donors (Lipinski definition) is 1. The van der Waals surface area contributed by atoms with Crippen molar-refractivity contribution in [2.45, 2.75) is 25.5 Å². The van der Waals surface area contributed by atoms with Gasteiger partial charge in [0.25, 0.3) is 5.56 Å². The molecule has 7 nitrogen and oxygen atoms in total. The van der Waals surface area contributed by atoms with Gasteiger partial charge in [0.05, 0.1) is 11.3 Å². The molecular formula is C18H16FN5O2S2. The number of nitrogens with zero attached hydrogens (tertiary/aromatic N) is 4. The minimum Gasteiger partial charge on any atom is -0.325 e. The van der Waals surface area contributed by atoms with Gasteiger partial charge < -0.3 is 5.32 Å². The highest BCUT2D eigenvalue weighted by Crippen LogP contribution is 2.24. The molecule has 0 fully saturated rings. The number of fused-ring (bicyclic) bond motifs is 3. The zero-order valence-corrected chi connectivity index (χ0v) is 16.7. The second kappa shape index (κ2) is 7.36. The summed E-state index contributed by atoms with van der Waals surface area (Å²) >= 11 is 2.57. The maximum atomic E-state index is 13.6. The number of thiophene rings is 1. The Morgan fingerprint density at radius 2 is 2.14 bits per heavy atom. The van der Waals surface area contributed by atoms with Crippen molar-refractivity contribution >= 4 is 50.7 Å². The lowest BCUT2D eigenvalue weighted by atomic mass is 10.2. The van der Waals surface area contributed by atoms with Crippen molar-refractivity contribution in [1.82, 2.24) is 19.2 Å². The topological polar surface area (TPSA) is 81.3 Å². The number of benzene rings is 1. The largest absolute Gasteiger partial charge is 0.325 e. The van der Waals surface area contributed by atoms with Crippen LogP contribution in [0.15, 0.2) is 39.6 Å². The first-order chi connectivity index (χ1) is 13.5. The van der Waals surface area contributed by atoms with Crippen LogP contribution >= 0.6 is 23.1 Å². The lowest BCUT2D eigenvalue weighted by Crippen LogP contribution is -2.21. The third kappa shape index (κ3) is 3.18. The summed E-state index contributed by atoms with van der Waals surface area (Å²) in [5, 5.41) is 13.3. The zero-order valence-electron chi connectivity index (χ0n) is 15.1. The van der Waals surface area contributed by atoms with Gasteiger partial charge in [-0.05, 0) is 43.0 Å². The average molecular weight is 417 g/mol. The van der Waals surface area contributed by atoms with E-state index in [1.54, 1.807) is 28.0 Å². The molecule has 144 valence electrons. The van der Waals surface area contributed by atoms with Gasteiger partial charge in [0.15, 0.2) is 5.16 Å². The van der Waals surface area contributed by atoms with Gasteiger partial charge in [-0.25, -0.2) is 4.39 Å². The summed E-state index contributed by atoms with van der Waals surface area (Å²) in [6.45, 7) is 4.00. The first-order valence-electron chi connectivity index (χ1n) is 8.53. The van der Waals surface area contributed by atoms with Crippen LogP contribution in [0.25, 0.3) is 16.0 Å². The fourth-order valence-corrected chi connectivity index (χ4v) is 4.44. The summed E-state index contributed by atoms with van der Waals surface area (Å²) in [6, 6.07) is 6.40. The quantitative estimate of drug-likeness (QED) is 0.504. The standard InChI is InChI=1S/C18H16FN5O2S2/c1-3-23-16(26)15-13(6-7-27-15)24-17(23)21-22-18(24)28-9-14(25)20-11-5-4-10(2)12(19)8-11/h4-8H,3,9H2,1-2H3,(H,20,25). The van der Waals surface area contributed by atoms with Crippen molar-refractivity contribution in [3.05, 3.63) is 51.4 Å². The maximum absolute atomic E-state index is 13.6. The van der Waals surface area contributed by atoms with E-state index in [1.165, 1.54) is 29.2 Å². The SMILES string of the molecule is CCn1c(=O)c2sccc2n2c(SCC(=O)Nc3ccc(C)c(F)c3)nnc12. The average Bonchev–Trinajstić information content (AvgIpc) is 3.30. The van der Waals surface area contributed by atoms with Crippen molar-refractivity contribution < 1.29 is 9.18 Å². The Morgan fingerprint density at radius 3 is 2.89 bits per heavy atom. The normalized spacial score (nSPS) is 11.4. The molecule has 0 aliphatic carbocycles. The molecule has 4 rings (SSSR count). The predicted octanol–water partition coefficient (Wildman–Crippen LogP) is 3.30. The number of amides is 1. The monoisotopic (exact) mass is 417 g/mol. The van der Waals surface area contributed by atoms with Crippen molar-refractivity contribution in [2.24, 2.45) is 0 Å². The van der Waals surface area contributed by atoms with Gasteiger partial charge in [0.2, 0.25) is 11.7 Å². The molecular weight excluding hydrogens is 401 g/mol. The van der Waals surface area contributed by atoms with Crippen LogP contribution in [0.5, 0.6) is 0 Å². The number of halogens is 1. The van der Waals surface area contributed by atoms with E-state index in [0.29, 0.717) is 33.4 Å². The van der Waals surface area contributed by atoms with Crippen LogP contribution in [0, 0.1) is 12.7 Å². The van der Waals surface area contributed by atoms with E-state index in [4.69, 9.17) is 0 Å². The van der Waals surface area contributed by atoms with E-state index in [9.17, 15) is 14.0 Å². The number of hydrogen-bond acceptors (Lipinski definition) is 6. The number of nitrogens with one attached hydrogen (secondary N) is 1. The molecule has 1 N–H and O–H groups in total. The molecule has 0 aliphatic rings. The summed E-state index contributed by atoms with van der Waals surface area (Å²) in [5.41, 5.74) is 1.55. The fourth-order valence-electron chi connectivity index (χ4n) is 2.88. The molecule has 3 aromatic heterocycles. The molecule has 3 heterocycles. The number of thioether (sulfide) groups is 1. The third-order valence-corrected chi connectivity index (χ3v) is 6.11. The summed E-state index contributed by atoms with van der Waals surface area (Å²) < 4.78 is 17.6. The smallest absolute Gasteiger partial charge is 0.272 e. The second-order valence-electron chi connectivity index (χ2n) is 6.10. The Hall–Kier alpha value is -2.72. The van der Waals surface area contributed by atoms with E-state index in [-0.39, 0.29) is 23.0 Å². The molecule has 10 heteroatoms. The lowest BCUT2D eigenvalue weighted by Gasteiger charge is -2.07. The molecule has 0 unspecified atom stereocenters. The number of carbonyl (C=O) groups excluding carboxylic acids is 1. The highest BCUT2D eigenvalue weighted by Gasteiger charge is 2.17. The van der Waals surface area contributed by atoms with Crippen LogP contribution in [-0.4, -0.2) is 30.8 Å². The minimum absolute atomic E-state index is 0.0766. The first kappa shape index (κ1) is 18.6. The predicted molar refractivity (Wildman–Crippen MR) is 109 cm³/mol. The Labute approximate surface area is 167 Å². The van der Waals surface area contributed by atoms with Crippen LogP contribution < -0.4 is 10.9 Å². The number of aryl methyl sites for hydroxylation is 2. The summed E-state index contributed by atoms with van der Waals surface area (Å²) in [7, 11) is 0. The molecule has 0 aliphatic heterocycles. The van der Waals surface area contributed by atoms with Gasteiger partial charge in [-0.2, -0.15) is 0 Å². The molecule has 0 saturated carbocycles. The summed E-state index contributed by atoms with van der Waals surface area (Å²) in [4.78, 5) is 24.8. The van der Waals surface area contributed by atoms with E-state index in [0.717, 1.165) is 5.52 Å². The molecule has 0 radical (unpaired) electrons. The first-order valence-corrected chi connectivity index (χ1v) is 10.4. The molecule has 28 heavy (non-hydrogen) atoms. The number of aromatic nitrogens is 4. The van der Waals surface area contributed by atoms with Crippen molar-refractivity contribution in [2.75, 3.05) is 11.1 Å². The van der Waals surface area contributed by atoms with Gasteiger partial charge in [-0.15, -0.1) is 21.5 Å². The van der Waals surface area contributed by atoms with Crippen LogP contribution in [-0.2, 0) is 11.3 Å². The lowest BCUT2D eigenvalue weighted by molar-refractivity contribution is -0.113. The Bertz CT molecular complexity index is 1260. The highest BCUT2D eigenvalue weighted by molar-refractivity contribution is 7.99. The molecule has 0 spiro atoms. The van der Waals surface area contributed by atoms with Crippen molar-refractivity contribution in [1.29, 1.82) is 0 Å². The van der Waals surface area contributed by atoms with Crippen LogP contribution in [0.2, 0.25) is 0 Å². The summed E-state index contributed by atoms with van der Waals surface area (Å²) in [6.07, 6.45) is 0. The molecule has 1 amide bonds. The molecule has 0 atom stereocenters. The maximum Gasteiger partial charge on any atom is 0.272 e. The van der Waals surface area contributed by atoms with Crippen LogP contribution in [0.1, 0.15) is 12.5 Å². The zero-order chi connectivity index (χ0) is 19.8. The van der Waals surface area contributed by atoms with E-state index in [2.05, 4.69) is 15.5 Å². The minimum atomic E-state index is -0.369. The van der Waals surface area contributed by atoms with Crippen LogP contribution in [0.3, 0.4) is 0 Å². The van der Waals surface area contributed by atoms with E-state index in [1.807, 2.05) is 18.4 Å². The Kier molecular flexibility index (Phi) is 4.90. The van der Waals surface area contributed by atoms with Gasteiger partial charge in [-0.1, -0.05) is 17.8 Å². The molecule has 0 saturated heterocycles. The van der Waals surface area contributed by atoms with Gasteiger partial charge >= 0.3 is 0 Å². The molecule has 4 aromatic rings. The van der Waals surface area contributed by atoms with E-state index >= 15 is 0 Å². The van der Waals surface area contributed by atoms with E-state index < -0.39 is 0 Å². The summed E-state index contributed by atoms with van der Waals surface area (Å²) in [5.74, 6) is -0.128. The van der Waals surface area contributed by atoms with Gasteiger partial charge in [0.1, 0.15) is 10.5 Å². The van der Waals surface area contributed by atoms with Crippen LogP contribution in [0.4, 0.5) is 10.1 Å². The number of anilines is 1. The van der Waals surface area contributed by atoms with Crippen molar-refractivity contribution in [3.63, 3.8) is 0 Å². The van der Waals surface area contributed by atoms with Gasteiger partial charge in [0, 0.05) is 12.2 Å². The third-order valence-electron chi connectivity index (χ3n) is 4.29. The van der Waals surface area contributed by atoms with Crippen molar-refractivity contribution in [3.8, 4) is 0 Å². The Balaban J connectivity index is 1.60. The number of rotatable bonds is 5. The second-order valence-corrected chi connectivity index (χ2v) is 7.96. The fraction of sp³-hybridized carbons (Fsp3) is 0.222. The Morgan fingerprint density at radius 1 is 1.32 bits per heavy atom. The number of carbonyl (C=O) groups is 1. The highest BCUT2D eigenvalue weighted by atomic mass is 32.2. The molecule has 0 bridgehead atoms. The van der Waals surface area contributed by atoms with Gasteiger partial charge in [-0.3, -0.25) is 18.6 Å².